The third kappa shape index (κ3) is 3.09. The summed E-state index contributed by atoms with van der Waals surface area (Å²) in [6.45, 7) is 0.634. The molecule has 2 N–H and O–H groups in total. The number of rotatable bonds is 5. The van der Waals surface area contributed by atoms with Crippen LogP contribution in [-0.4, -0.2) is 29.4 Å². The molecule has 0 radical (unpaired) electrons. The molecule has 3 aromatic carbocycles. The Hall–Kier alpha value is -3.44. The fraction of sp³-hybridized carbons (Fsp3) is 0.167. The molecule has 4 aromatic rings. The standard InChI is InChI=1S/C24H21N3O2/c28-23-14-21(25-13-12-17-15-26-20-10-4-3-8-18(17)20)24(29)27(23)22-11-5-7-16-6-1-2-9-19(16)22/h1-11,15,21,25-26H,12-14H2/t21-/m0/s1. The molecule has 144 valence electrons. The van der Waals surface area contributed by atoms with Gasteiger partial charge >= 0.3 is 0 Å². The number of hydrogen-bond donors (Lipinski definition) is 2. The lowest BCUT2D eigenvalue weighted by atomic mass is 10.1. The number of hydrogen-bond acceptors (Lipinski definition) is 3. The number of nitrogens with one attached hydrogen (secondary N) is 2. The van der Waals surface area contributed by atoms with Crippen LogP contribution in [0.5, 0.6) is 0 Å². The molecule has 0 unspecified atom stereocenters. The van der Waals surface area contributed by atoms with E-state index in [0.717, 1.165) is 22.7 Å². The zero-order valence-corrected chi connectivity index (χ0v) is 15.9. The lowest BCUT2D eigenvalue weighted by molar-refractivity contribution is -0.121. The second kappa shape index (κ2) is 7.18. The van der Waals surface area contributed by atoms with Crippen LogP contribution in [0.15, 0.2) is 72.9 Å². The minimum absolute atomic E-state index is 0.157. The number of H-pyrrole nitrogens is 1. The number of fused-ring (bicyclic) bond motifs is 2. The molecule has 0 aliphatic carbocycles. The van der Waals surface area contributed by atoms with Crippen LogP contribution in [0.4, 0.5) is 5.69 Å². The van der Waals surface area contributed by atoms with E-state index < -0.39 is 6.04 Å². The fourth-order valence-corrected chi connectivity index (χ4v) is 4.17. The Labute approximate surface area is 168 Å². The van der Waals surface area contributed by atoms with E-state index >= 15 is 0 Å². The first-order chi connectivity index (χ1) is 14.2. The predicted octanol–water partition coefficient (Wildman–Crippen LogP) is 3.79. The number of para-hydroxylation sites is 1. The van der Waals surface area contributed by atoms with E-state index in [1.54, 1.807) is 0 Å². The zero-order chi connectivity index (χ0) is 19.8. The Balaban J connectivity index is 1.32. The van der Waals surface area contributed by atoms with Gasteiger partial charge < -0.3 is 10.3 Å². The molecular weight excluding hydrogens is 362 g/mol. The van der Waals surface area contributed by atoms with Crippen LogP contribution in [-0.2, 0) is 16.0 Å². The third-order valence-electron chi connectivity index (χ3n) is 5.61. The van der Waals surface area contributed by atoms with Crippen LogP contribution < -0.4 is 10.2 Å². The molecule has 1 aliphatic rings. The number of benzene rings is 3. The quantitative estimate of drug-likeness (QED) is 0.516. The van der Waals surface area contributed by atoms with E-state index in [-0.39, 0.29) is 18.2 Å². The SMILES string of the molecule is O=C1C[C@H](NCCc2c[nH]c3ccccc23)C(=O)N1c1cccc2ccccc12. The van der Waals surface area contributed by atoms with Crippen LogP contribution in [0.3, 0.4) is 0 Å². The molecule has 2 heterocycles. The van der Waals surface area contributed by atoms with Crippen LogP contribution in [0, 0.1) is 0 Å². The summed E-state index contributed by atoms with van der Waals surface area (Å²) in [7, 11) is 0. The van der Waals surface area contributed by atoms with Gasteiger partial charge in [-0.1, -0.05) is 54.6 Å². The van der Waals surface area contributed by atoms with Crippen LogP contribution in [0.2, 0.25) is 0 Å². The van der Waals surface area contributed by atoms with Gasteiger partial charge in [-0.25, -0.2) is 4.90 Å². The number of amides is 2. The van der Waals surface area contributed by atoms with Crippen molar-refractivity contribution in [1.82, 2.24) is 10.3 Å². The van der Waals surface area contributed by atoms with Crippen molar-refractivity contribution in [3.8, 4) is 0 Å². The second-order valence-corrected chi connectivity index (χ2v) is 7.39. The summed E-state index contributed by atoms with van der Waals surface area (Å²) in [6, 6.07) is 21.2. The van der Waals surface area contributed by atoms with Gasteiger partial charge in [0.1, 0.15) is 0 Å². The minimum Gasteiger partial charge on any atom is -0.361 e. The van der Waals surface area contributed by atoms with Crippen molar-refractivity contribution in [3.63, 3.8) is 0 Å². The lowest BCUT2D eigenvalue weighted by Gasteiger charge is -2.17. The van der Waals surface area contributed by atoms with E-state index in [1.165, 1.54) is 15.8 Å². The highest BCUT2D eigenvalue weighted by molar-refractivity contribution is 6.25. The molecule has 5 nitrogen and oxygen atoms in total. The highest BCUT2D eigenvalue weighted by atomic mass is 16.2. The molecule has 29 heavy (non-hydrogen) atoms. The number of imide groups is 1. The Morgan fingerprint density at radius 3 is 2.59 bits per heavy atom. The third-order valence-corrected chi connectivity index (χ3v) is 5.61. The number of aromatic amines is 1. The van der Waals surface area contributed by atoms with Crippen molar-refractivity contribution < 1.29 is 9.59 Å². The van der Waals surface area contributed by atoms with Gasteiger partial charge in [0.25, 0.3) is 5.91 Å². The van der Waals surface area contributed by atoms with Gasteiger partial charge in [-0.3, -0.25) is 9.59 Å². The Bertz CT molecular complexity index is 1220. The molecular formula is C24H21N3O2. The van der Waals surface area contributed by atoms with E-state index in [0.29, 0.717) is 12.2 Å². The smallest absolute Gasteiger partial charge is 0.251 e. The van der Waals surface area contributed by atoms with E-state index in [2.05, 4.69) is 16.4 Å². The van der Waals surface area contributed by atoms with Gasteiger partial charge in [0, 0.05) is 29.0 Å². The van der Waals surface area contributed by atoms with Crippen molar-refractivity contribution in [3.05, 3.63) is 78.5 Å². The minimum atomic E-state index is -0.480. The van der Waals surface area contributed by atoms with Crippen molar-refractivity contribution >= 4 is 39.2 Å². The maximum atomic E-state index is 13.0. The van der Waals surface area contributed by atoms with Crippen molar-refractivity contribution in [2.24, 2.45) is 0 Å². The molecule has 1 aliphatic heterocycles. The summed E-state index contributed by atoms with van der Waals surface area (Å²) in [4.78, 5) is 30.3. The number of anilines is 1. The zero-order valence-electron chi connectivity index (χ0n) is 15.9. The monoisotopic (exact) mass is 383 g/mol. The van der Waals surface area contributed by atoms with Gasteiger partial charge in [0.2, 0.25) is 5.91 Å². The van der Waals surface area contributed by atoms with Crippen molar-refractivity contribution in [2.45, 2.75) is 18.9 Å². The van der Waals surface area contributed by atoms with E-state index in [4.69, 9.17) is 0 Å². The largest absolute Gasteiger partial charge is 0.361 e. The summed E-state index contributed by atoms with van der Waals surface area (Å²) < 4.78 is 0. The molecule has 1 saturated heterocycles. The molecule has 2 amide bonds. The van der Waals surface area contributed by atoms with Crippen molar-refractivity contribution in [2.75, 3.05) is 11.4 Å². The topological polar surface area (TPSA) is 65.2 Å². The summed E-state index contributed by atoms with van der Waals surface area (Å²) in [5.74, 6) is -0.332. The summed E-state index contributed by atoms with van der Waals surface area (Å²) in [5, 5.41) is 6.41. The molecule has 0 bridgehead atoms. The Morgan fingerprint density at radius 2 is 1.69 bits per heavy atom. The van der Waals surface area contributed by atoms with Gasteiger partial charge in [-0.15, -0.1) is 0 Å². The maximum Gasteiger partial charge on any atom is 0.251 e. The van der Waals surface area contributed by atoms with Crippen LogP contribution in [0.1, 0.15) is 12.0 Å². The average molecular weight is 383 g/mol. The van der Waals surface area contributed by atoms with E-state index in [1.807, 2.05) is 66.9 Å². The van der Waals surface area contributed by atoms with Crippen LogP contribution in [0.25, 0.3) is 21.7 Å². The lowest BCUT2D eigenvalue weighted by Crippen LogP contribution is -2.39. The van der Waals surface area contributed by atoms with Gasteiger partial charge in [0.05, 0.1) is 18.2 Å². The number of carbonyl (C=O) groups is 2. The first kappa shape index (κ1) is 17.6. The second-order valence-electron chi connectivity index (χ2n) is 7.39. The van der Waals surface area contributed by atoms with Crippen LogP contribution >= 0.6 is 0 Å². The Kier molecular flexibility index (Phi) is 4.37. The first-order valence-corrected chi connectivity index (χ1v) is 9.85. The number of nitrogens with zero attached hydrogens (tertiary/aromatic N) is 1. The molecule has 5 heteroatoms. The highest BCUT2D eigenvalue weighted by Crippen LogP contribution is 2.30. The summed E-state index contributed by atoms with van der Waals surface area (Å²) in [6.07, 6.45) is 2.99. The van der Waals surface area contributed by atoms with Crippen molar-refractivity contribution in [1.29, 1.82) is 0 Å². The van der Waals surface area contributed by atoms with Gasteiger partial charge in [-0.05, 0) is 29.5 Å². The molecule has 1 fully saturated rings. The normalized spacial score (nSPS) is 17.0. The van der Waals surface area contributed by atoms with Gasteiger partial charge in [-0.2, -0.15) is 0 Å². The highest BCUT2D eigenvalue weighted by Gasteiger charge is 2.39. The summed E-state index contributed by atoms with van der Waals surface area (Å²) in [5.41, 5.74) is 2.98. The number of carbonyl (C=O) groups excluding carboxylic acids is 2. The predicted molar refractivity (Wildman–Crippen MR) is 115 cm³/mol. The molecule has 0 saturated carbocycles. The summed E-state index contributed by atoms with van der Waals surface area (Å²) >= 11 is 0. The molecule has 1 aromatic heterocycles. The maximum absolute atomic E-state index is 13.0. The average Bonchev–Trinajstić information content (AvgIpc) is 3.28. The number of aromatic nitrogens is 1. The Morgan fingerprint density at radius 1 is 0.931 bits per heavy atom. The fourth-order valence-electron chi connectivity index (χ4n) is 4.17. The van der Waals surface area contributed by atoms with Gasteiger partial charge in [0.15, 0.2) is 0 Å². The molecule has 1 atom stereocenters. The molecule has 0 spiro atoms. The first-order valence-electron chi connectivity index (χ1n) is 9.85. The van der Waals surface area contributed by atoms with E-state index in [9.17, 15) is 9.59 Å². The molecule has 5 rings (SSSR count).